The van der Waals surface area contributed by atoms with Crippen molar-refractivity contribution in [2.75, 3.05) is 11.7 Å². The van der Waals surface area contributed by atoms with Crippen LogP contribution in [0.5, 0.6) is 0 Å². The summed E-state index contributed by atoms with van der Waals surface area (Å²) in [5.74, 6) is -0.470. The quantitative estimate of drug-likeness (QED) is 0.416. The van der Waals surface area contributed by atoms with Gasteiger partial charge in [0.25, 0.3) is 5.91 Å². The maximum Gasteiger partial charge on any atom is 0.258 e. The number of anilines is 1. The average Bonchev–Trinajstić information content (AvgIpc) is 2.43. The summed E-state index contributed by atoms with van der Waals surface area (Å²) in [6.07, 6.45) is 2.53. The van der Waals surface area contributed by atoms with E-state index in [9.17, 15) is 9.59 Å². The lowest BCUT2D eigenvalue weighted by molar-refractivity contribution is -0.130. The molecule has 4 nitrogen and oxygen atoms in total. The van der Waals surface area contributed by atoms with Gasteiger partial charge in [-0.2, -0.15) is 5.06 Å². The monoisotopic (exact) mass is 277 g/mol. The first-order valence-corrected chi connectivity index (χ1v) is 7.13. The zero-order chi connectivity index (χ0) is 15.0. The Balaban J connectivity index is 2.96. The first-order chi connectivity index (χ1) is 9.60. The van der Waals surface area contributed by atoms with Crippen molar-refractivity contribution in [3.8, 4) is 0 Å². The van der Waals surface area contributed by atoms with Crippen molar-refractivity contribution in [2.24, 2.45) is 0 Å². The Kier molecular flexibility index (Phi) is 6.94. The predicted molar refractivity (Wildman–Crippen MR) is 79.5 cm³/mol. The van der Waals surface area contributed by atoms with Crippen molar-refractivity contribution >= 4 is 17.4 Å². The predicted octanol–water partition coefficient (Wildman–Crippen LogP) is 3.29. The topological polar surface area (TPSA) is 46.6 Å². The molecule has 0 radical (unpaired) electrons. The Morgan fingerprint density at radius 1 is 1.20 bits per heavy atom. The third kappa shape index (κ3) is 4.78. The molecule has 4 heteroatoms. The molecule has 0 saturated heterocycles. The average molecular weight is 277 g/mol. The zero-order valence-corrected chi connectivity index (χ0v) is 12.5. The molecule has 0 aliphatic heterocycles. The van der Waals surface area contributed by atoms with Gasteiger partial charge in [-0.3, -0.25) is 14.4 Å². The van der Waals surface area contributed by atoms with Crippen molar-refractivity contribution in [3.05, 3.63) is 29.8 Å². The molecule has 0 fully saturated rings. The molecule has 1 aromatic rings. The number of amides is 1. The van der Waals surface area contributed by atoms with E-state index in [-0.39, 0.29) is 18.1 Å². The molecule has 1 aromatic carbocycles. The molecule has 0 bridgehead atoms. The van der Waals surface area contributed by atoms with E-state index in [1.54, 1.807) is 0 Å². The third-order valence-electron chi connectivity index (χ3n) is 2.94. The molecule has 0 atom stereocenters. The fraction of sp³-hybridized carbons (Fsp3) is 0.500. The lowest BCUT2D eigenvalue weighted by Crippen LogP contribution is -2.33. The second-order valence-electron chi connectivity index (χ2n) is 4.74. The van der Waals surface area contributed by atoms with Gasteiger partial charge in [0.05, 0.1) is 18.7 Å². The number of benzene rings is 1. The summed E-state index contributed by atoms with van der Waals surface area (Å²) in [4.78, 5) is 29.0. The number of carbonyl (C=O) groups is 2. The number of Topliss-reactive ketones (excluding diaryl/α,β-unsaturated/α-hetero) is 1. The highest BCUT2D eigenvalue weighted by Crippen LogP contribution is 2.22. The normalized spacial score (nSPS) is 10.3. The summed E-state index contributed by atoms with van der Waals surface area (Å²) >= 11 is 0. The molecule has 0 aromatic heterocycles. The minimum Gasteiger partial charge on any atom is -0.299 e. The standard InChI is InChI=1S/C16H23NO3/c1-4-6-11-20-17(16(19)12-13(3)18)15-10-8-7-9-14(15)5-2/h7-10H,4-6,11-12H2,1-3H3. The highest BCUT2D eigenvalue weighted by atomic mass is 16.7. The van der Waals surface area contributed by atoms with Crippen molar-refractivity contribution < 1.29 is 14.4 Å². The van der Waals surface area contributed by atoms with Crippen LogP contribution in [0.1, 0.15) is 45.6 Å². The second-order valence-corrected chi connectivity index (χ2v) is 4.74. The molecule has 0 N–H and O–H groups in total. The van der Waals surface area contributed by atoms with Crippen molar-refractivity contribution in [2.45, 2.75) is 46.5 Å². The van der Waals surface area contributed by atoms with E-state index in [1.807, 2.05) is 31.2 Å². The number of nitrogens with zero attached hydrogens (tertiary/aromatic N) is 1. The fourth-order valence-electron chi connectivity index (χ4n) is 1.87. The largest absolute Gasteiger partial charge is 0.299 e. The van der Waals surface area contributed by atoms with Crippen LogP contribution in [-0.4, -0.2) is 18.3 Å². The van der Waals surface area contributed by atoms with E-state index in [2.05, 4.69) is 6.92 Å². The van der Waals surface area contributed by atoms with E-state index in [4.69, 9.17) is 4.84 Å². The number of aryl methyl sites for hydroxylation is 1. The van der Waals surface area contributed by atoms with Crippen LogP contribution in [0.4, 0.5) is 5.69 Å². The molecule has 1 amide bonds. The van der Waals surface area contributed by atoms with Gasteiger partial charge in [0, 0.05) is 0 Å². The van der Waals surface area contributed by atoms with E-state index >= 15 is 0 Å². The molecule has 0 aliphatic rings. The maximum atomic E-state index is 12.2. The van der Waals surface area contributed by atoms with Crippen LogP contribution in [-0.2, 0) is 20.8 Å². The minimum absolute atomic E-state index is 0.135. The van der Waals surface area contributed by atoms with Gasteiger partial charge in [0.1, 0.15) is 5.78 Å². The van der Waals surface area contributed by atoms with Gasteiger partial charge >= 0.3 is 0 Å². The Morgan fingerprint density at radius 3 is 2.50 bits per heavy atom. The molecule has 20 heavy (non-hydrogen) atoms. The van der Waals surface area contributed by atoms with Crippen molar-refractivity contribution in [1.82, 2.24) is 0 Å². The lowest BCUT2D eigenvalue weighted by atomic mass is 10.1. The van der Waals surface area contributed by atoms with Gasteiger partial charge in [0.2, 0.25) is 0 Å². The number of rotatable bonds is 8. The molecule has 0 spiro atoms. The Bertz CT molecular complexity index is 457. The molecular formula is C16H23NO3. The van der Waals surface area contributed by atoms with Crippen molar-refractivity contribution in [3.63, 3.8) is 0 Å². The summed E-state index contributed by atoms with van der Waals surface area (Å²) in [5.41, 5.74) is 1.76. The van der Waals surface area contributed by atoms with Gasteiger partial charge in [0.15, 0.2) is 0 Å². The van der Waals surface area contributed by atoms with Gasteiger partial charge in [-0.05, 0) is 31.4 Å². The number of unbranched alkanes of at least 4 members (excludes halogenated alkanes) is 1. The molecule has 110 valence electrons. The molecule has 0 aliphatic carbocycles. The van der Waals surface area contributed by atoms with Gasteiger partial charge in [-0.15, -0.1) is 0 Å². The Hall–Kier alpha value is -1.68. The van der Waals surface area contributed by atoms with Crippen LogP contribution in [0.2, 0.25) is 0 Å². The highest BCUT2D eigenvalue weighted by Gasteiger charge is 2.20. The highest BCUT2D eigenvalue weighted by molar-refractivity contribution is 6.04. The maximum absolute atomic E-state index is 12.2. The van der Waals surface area contributed by atoms with Crippen LogP contribution >= 0.6 is 0 Å². The van der Waals surface area contributed by atoms with Crippen molar-refractivity contribution in [1.29, 1.82) is 0 Å². The molecule has 0 heterocycles. The second kappa shape index (κ2) is 8.48. The van der Waals surface area contributed by atoms with E-state index in [0.717, 1.165) is 30.5 Å². The first-order valence-electron chi connectivity index (χ1n) is 7.13. The number of carbonyl (C=O) groups excluding carboxylic acids is 2. The van der Waals surface area contributed by atoms with Gasteiger partial charge in [-0.1, -0.05) is 38.5 Å². The van der Waals surface area contributed by atoms with E-state index < -0.39 is 0 Å². The summed E-state index contributed by atoms with van der Waals surface area (Å²) in [7, 11) is 0. The van der Waals surface area contributed by atoms with E-state index in [0.29, 0.717) is 6.61 Å². The van der Waals surface area contributed by atoms with Crippen LogP contribution in [0.15, 0.2) is 24.3 Å². The Labute approximate surface area is 120 Å². The van der Waals surface area contributed by atoms with E-state index in [1.165, 1.54) is 12.0 Å². The lowest BCUT2D eigenvalue weighted by Gasteiger charge is -2.23. The number of hydrogen-bond acceptors (Lipinski definition) is 3. The number of ketones is 1. The van der Waals surface area contributed by atoms with Gasteiger partial charge in [-0.25, -0.2) is 0 Å². The zero-order valence-electron chi connectivity index (χ0n) is 12.5. The summed E-state index contributed by atoms with van der Waals surface area (Å²) < 4.78 is 0. The molecule has 0 saturated carbocycles. The fourth-order valence-corrected chi connectivity index (χ4v) is 1.87. The third-order valence-corrected chi connectivity index (χ3v) is 2.94. The smallest absolute Gasteiger partial charge is 0.258 e. The molecule has 1 rings (SSSR count). The summed E-state index contributed by atoms with van der Waals surface area (Å²) in [6.45, 7) is 5.97. The number of hydroxylamine groups is 1. The van der Waals surface area contributed by atoms with Crippen LogP contribution < -0.4 is 5.06 Å². The van der Waals surface area contributed by atoms with Gasteiger partial charge < -0.3 is 0 Å². The summed E-state index contributed by atoms with van der Waals surface area (Å²) in [5, 5.41) is 1.29. The number of hydrogen-bond donors (Lipinski definition) is 0. The molecule has 0 unspecified atom stereocenters. The minimum atomic E-state index is -0.311. The Morgan fingerprint density at radius 2 is 1.90 bits per heavy atom. The van der Waals surface area contributed by atoms with Crippen LogP contribution in [0, 0.1) is 0 Å². The van der Waals surface area contributed by atoms with Crippen LogP contribution in [0.25, 0.3) is 0 Å². The first kappa shape index (κ1) is 16.4. The SMILES string of the molecule is CCCCON(C(=O)CC(C)=O)c1ccccc1CC. The number of para-hydroxylation sites is 1. The molecular weight excluding hydrogens is 254 g/mol. The van der Waals surface area contributed by atoms with Crippen LogP contribution in [0.3, 0.4) is 0 Å². The summed E-state index contributed by atoms with van der Waals surface area (Å²) in [6, 6.07) is 7.61.